The Kier molecular flexibility index (Phi) is 7.41. The van der Waals surface area contributed by atoms with Crippen LogP contribution in [0.4, 0.5) is 0 Å². The SMILES string of the molecule is CCCCCOCC(=O)CN. The fraction of sp³-hybridized carbons (Fsp3) is 0.875. The van der Waals surface area contributed by atoms with Crippen LogP contribution in [0.15, 0.2) is 0 Å². The molecule has 0 amide bonds. The molecule has 0 atom stereocenters. The molecule has 2 N–H and O–H groups in total. The Balaban J connectivity index is 2.95. The number of hydrogen-bond donors (Lipinski definition) is 1. The monoisotopic (exact) mass is 159 g/mol. The van der Waals surface area contributed by atoms with Gasteiger partial charge >= 0.3 is 0 Å². The first-order valence-electron chi connectivity index (χ1n) is 4.10. The van der Waals surface area contributed by atoms with Gasteiger partial charge in [-0.15, -0.1) is 0 Å². The minimum absolute atomic E-state index is 0.0264. The Bertz CT molecular complexity index is 104. The lowest BCUT2D eigenvalue weighted by Gasteiger charge is -2.00. The second-order valence-corrected chi connectivity index (χ2v) is 2.50. The quantitative estimate of drug-likeness (QED) is 0.557. The van der Waals surface area contributed by atoms with Crippen LogP contribution < -0.4 is 5.73 Å². The molecule has 0 aliphatic rings. The van der Waals surface area contributed by atoms with Gasteiger partial charge in [0.2, 0.25) is 0 Å². The molecule has 0 rings (SSSR count). The zero-order valence-electron chi connectivity index (χ0n) is 7.14. The van der Waals surface area contributed by atoms with E-state index in [0.717, 1.165) is 12.8 Å². The third kappa shape index (κ3) is 7.49. The molecule has 0 aromatic rings. The van der Waals surface area contributed by atoms with Gasteiger partial charge in [-0.2, -0.15) is 0 Å². The Hall–Kier alpha value is -0.410. The van der Waals surface area contributed by atoms with Gasteiger partial charge in [0.15, 0.2) is 5.78 Å². The van der Waals surface area contributed by atoms with E-state index in [-0.39, 0.29) is 18.9 Å². The first-order chi connectivity index (χ1) is 5.31. The van der Waals surface area contributed by atoms with Gasteiger partial charge in [-0.25, -0.2) is 0 Å². The summed E-state index contributed by atoms with van der Waals surface area (Å²) >= 11 is 0. The smallest absolute Gasteiger partial charge is 0.171 e. The van der Waals surface area contributed by atoms with Crippen LogP contribution in [0.5, 0.6) is 0 Å². The highest BCUT2D eigenvalue weighted by Crippen LogP contribution is 1.93. The van der Waals surface area contributed by atoms with E-state index in [1.807, 2.05) is 0 Å². The molecule has 66 valence electrons. The maximum Gasteiger partial charge on any atom is 0.171 e. The summed E-state index contributed by atoms with van der Waals surface area (Å²) in [5, 5.41) is 0. The molecule has 0 bridgehead atoms. The summed E-state index contributed by atoms with van der Waals surface area (Å²) in [4.78, 5) is 10.6. The Morgan fingerprint density at radius 3 is 2.73 bits per heavy atom. The highest BCUT2D eigenvalue weighted by atomic mass is 16.5. The molecule has 3 heteroatoms. The van der Waals surface area contributed by atoms with Gasteiger partial charge in [-0.1, -0.05) is 19.8 Å². The minimum atomic E-state index is -0.0264. The van der Waals surface area contributed by atoms with Crippen molar-refractivity contribution < 1.29 is 9.53 Å². The third-order valence-corrected chi connectivity index (χ3v) is 1.38. The standard InChI is InChI=1S/C8H17NO2/c1-2-3-4-5-11-7-8(10)6-9/h2-7,9H2,1H3. The predicted molar refractivity (Wildman–Crippen MR) is 44.4 cm³/mol. The van der Waals surface area contributed by atoms with Crippen molar-refractivity contribution >= 4 is 5.78 Å². The summed E-state index contributed by atoms with van der Waals surface area (Å²) in [6.07, 6.45) is 3.37. The molecule has 0 aliphatic carbocycles. The van der Waals surface area contributed by atoms with Crippen molar-refractivity contribution in [3.05, 3.63) is 0 Å². The summed E-state index contributed by atoms with van der Waals surface area (Å²) in [6.45, 7) is 3.08. The largest absolute Gasteiger partial charge is 0.374 e. The van der Waals surface area contributed by atoms with E-state index >= 15 is 0 Å². The molecule has 0 spiro atoms. The number of Topliss-reactive ketones (excluding diaryl/α,β-unsaturated/α-hetero) is 1. The topological polar surface area (TPSA) is 52.3 Å². The highest BCUT2D eigenvalue weighted by Gasteiger charge is 1.96. The van der Waals surface area contributed by atoms with Gasteiger partial charge < -0.3 is 10.5 Å². The summed E-state index contributed by atoms with van der Waals surface area (Å²) in [5.74, 6) is -0.0264. The maximum atomic E-state index is 10.6. The van der Waals surface area contributed by atoms with Crippen molar-refractivity contribution in [1.29, 1.82) is 0 Å². The third-order valence-electron chi connectivity index (χ3n) is 1.38. The molecule has 0 saturated heterocycles. The van der Waals surface area contributed by atoms with Gasteiger partial charge in [0.1, 0.15) is 6.61 Å². The van der Waals surface area contributed by atoms with E-state index in [0.29, 0.717) is 6.61 Å². The molecular formula is C8H17NO2. The lowest BCUT2D eigenvalue weighted by molar-refractivity contribution is -0.122. The van der Waals surface area contributed by atoms with E-state index in [1.54, 1.807) is 0 Å². The number of ether oxygens (including phenoxy) is 1. The number of rotatable bonds is 7. The van der Waals surface area contributed by atoms with Gasteiger partial charge in [0, 0.05) is 6.61 Å². The molecule has 0 saturated carbocycles. The second-order valence-electron chi connectivity index (χ2n) is 2.50. The van der Waals surface area contributed by atoms with Crippen LogP contribution in [-0.4, -0.2) is 25.5 Å². The molecule has 11 heavy (non-hydrogen) atoms. The predicted octanol–water partition coefficient (Wildman–Crippen LogP) is 0.721. The van der Waals surface area contributed by atoms with Crippen molar-refractivity contribution in [2.75, 3.05) is 19.8 Å². The van der Waals surface area contributed by atoms with Crippen LogP contribution in [0, 0.1) is 0 Å². The average molecular weight is 159 g/mol. The van der Waals surface area contributed by atoms with Gasteiger partial charge in [-0.3, -0.25) is 4.79 Å². The lowest BCUT2D eigenvalue weighted by Crippen LogP contribution is -2.19. The second kappa shape index (κ2) is 7.69. The van der Waals surface area contributed by atoms with Crippen LogP contribution >= 0.6 is 0 Å². The highest BCUT2D eigenvalue weighted by molar-refractivity contribution is 5.81. The number of nitrogens with two attached hydrogens (primary N) is 1. The van der Waals surface area contributed by atoms with E-state index in [2.05, 4.69) is 6.92 Å². The molecule has 0 aliphatic heterocycles. The molecular weight excluding hydrogens is 142 g/mol. The summed E-state index contributed by atoms with van der Waals surface area (Å²) < 4.78 is 5.06. The number of carbonyl (C=O) groups excluding carboxylic acids is 1. The van der Waals surface area contributed by atoms with Crippen molar-refractivity contribution in [2.45, 2.75) is 26.2 Å². The van der Waals surface area contributed by atoms with E-state index in [9.17, 15) is 4.79 Å². The zero-order chi connectivity index (χ0) is 8.53. The van der Waals surface area contributed by atoms with Gasteiger partial charge in [0.05, 0.1) is 6.54 Å². The van der Waals surface area contributed by atoms with E-state index in [1.165, 1.54) is 6.42 Å². The number of hydrogen-bond acceptors (Lipinski definition) is 3. The van der Waals surface area contributed by atoms with Crippen LogP contribution in [0.3, 0.4) is 0 Å². The van der Waals surface area contributed by atoms with Crippen LogP contribution in [0.25, 0.3) is 0 Å². The minimum Gasteiger partial charge on any atom is -0.374 e. The number of ketones is 1. The molecule has 0 aromatic carbocycles. The average Bonchev–Trinajstić information content (AvgIpc) is 2.04. The normalized spacial score (nSPS) is 10.0. The summed E-state index contributed by atoms with van der Waals surface area (Å²) in [5.41, 5.74) is 5.08. The number of unbranched alkanes of at least 4 members (excludes halogenated alkanes) is 2. The first-order valence-corrected chi connectivity index (χ1v) is 4.10. The fourth-order valence-electron chi connectivity index (χ4n) is 0.699. The van der Waals surface area contributed by atoms with Crippen LogP contribution in [-0.2, 0) is 9.53 Å². The van der Waals surface area contributed by atoms with Crippen LogP contribution in [0.2, 0.25) is 0 Å². The van der Waals surface area contributed by atoms with Crippen molar-refractivity contribution in [2.24, 2.45) is 5.73 Å². The Labute approximate surface area is 67.9 Å². The number of carbonyl (C=O) groups is 1. The summed E-state index contributed by atoms with van der Waals surface area (Å²) in [6, 6.07) is 0. The Morgan fingerprint density at radius 2 is 2.18 bits per heavy atom. The summed E-state index contributed by atoms with van der Waals surface area (Å²) in [7, 11) is 0. The van der Waals surface area contributed by atoms with Crippen molar-refractivity contribution in [3.8, 4) is 0 Å². The Morgan fingerprint density at radius 1 is 1.45 bits per heavy atom. The van der Waals surface area contributed by atoms with Crippen LogP contribution in [0.1, 0.15) is 26.2 Å². The van der Waals surface area contributed by atoms with Crippen molar-refractivity contribution in [1.82, 2.24) is 0 Å². The molecule has 0 radical (unpaired) electrons. The zero-order valence-corrected chi connectivity index (χ0v) is 7.14. The lowest BCUT2D eigenvalue weighted by atomic mass is 10.3. The van der Waals surface area contributed by atoms with Crippen molar-refractivity contribution in [3.63, 3.8) is 0 Å². The van der Waals surface area contributed by atoms with E-state index < -0.39 is 0 Å². The first kappa shape index (κ1) is 10.6. The molecule has 0 fully saturated rings. The maximum absolute atomic E-state index is 10.6. The van der Waals surface area contributed by atoms with E-state index in [4.69, 9.17) is 10.5 Å². The fourth-order valence-corrected chi connectivity index (χ4v) is 0.699. The van der Waals surface area contributed by atoms with Gasteiger partial charge in [0.25, 0.3) is 0 Å². The molecule has 0 aromatic heterocycles. The molecule has 3 nitrogen and oxygen atoms in total. The molecule has 0 heterocycles. The van der Waals surface area contributed by atoms with Gasteiger partial charge in [-0.05, 0) is 6.42 Å². The molecule has 0 unspecified atom stereocenters.